The average Bonchev–Trinajstić information content (AvgIpc) is 3.27. The van der Waals surface area contributed by atoms with Gasteiger partial charge in [0.25, 0.3) is 5.91 Å². The fourth-order valence-corrected chi connectivity index (χ4v) is 4.10. The Hall–Kier alpha value is -3.71. The molecule has 0 aliphatic heterocycles. The summed E-state index contributed by atoms with van der Waals surface area (Å²) in [5, 5.41) is 9.93. The van der Waals surface area contributed by atoms with Crippen LogP contribution < -0.4 is 15.4 Å². The number of nitrogens with zero attached hydrogens (tertiary/aromatic N) is 1. The maximum absolute atomic E-state index is 12.3. The third kappa shape index (κ3) is 5.99. The summed E-state index contributed by atoms with van der Waals surface area (Å²) in [5.74, 6) is 0.130. The van der Waals surface area contributed by atoms with E-state index in [0.717, 1.165) is 27.8 Å². The third-order valence-electron chi connectivity index (χ3n) is 5.33. The predicted molar refractivity (Wildman–Crippen MR) is 136 cm³/mol. The zero-order chi connectivity index (χ0) is 24.1. The van der Waals surface area contributed by atoms with Gasteiger partial charge >= 0.3 is 0 Å². The lowest BCUT2D eigenvalue weighted by molar-refractivity contribution is -0.115. The summed E-state index contributed by atoms with van der Waals surface area (Å²) in [7, 11) is 0. The van der Waals surface area contributed by atoms with Crippen LogP contribution in [-0.4, -0.2) is 23.3 Å². The van der Waals surface area contributed by atoms with Gasteiger partial charge in [0, 0.05) is 10.9 Å². The van der Waals surface area contributed by atoms with Gasteiger partial charge in [-0.15, -0.1) is 11.3 Å². The minimum Gasteiger partial charge on any atom is -0.487 e. The van der Waals surface area contributed by atoms with E-state index in [2.05, 4.69) is 42.5 Å². The zero-order valence-corrected chi connectivity index (χ0v) is 20.2. The Labute approximate surface area is 203 Å². The predicted octanol–water partition coefficient (Wildman–Crippen LogP) is 5.54. The molecule has 0 aliphatic carbocycles. The first-order valence-electron chi connectivity index (χ1n) is 11.0. The molecule has 0 spiro atoms. The lowest BCUT2D eigenvalue weighted by atomic mass is 9.87. The molecule has 2 amide bonds. The van der Waals surface area contributed by atoms with E-state index in [9.17, 15) is 9.59 Å². The molecular formula is C27H27N3O3S. The molecule has 0 radical (unpaired) electrons. The van der Waals surface area contributed by atoms with Gasteiger partial charge in [-0.1, -0.05) is 63.2 Å². The van der Waals surface area contributed by atoms with E-state index in [1.807, 2.05) is 53.9 Å². The lowest BCUT2D eigenvalue weighted by Gasteiger charge is -2.19. The highest BCUT2D eigenvalue weighted by atomic mass is 32.1. The molecule has 0 aliphatic rings. The number of carbonyl (C=O) groups is 2. The molecular weight excluding hydrogens is 446 g/mol. The van der Waals surface area contributed by atoms with Crippen molar-refractivity contribution in [3.63, 3.8) is 0 Å². The minimum atomic E-state index is -0.337. The molecule has 1 aromatic heterocycles. The number of amides is 2. The third-order valence-corrected chi connectivity index (χ3v) is 6.13. The first-order valence-corrected chi connectivity index (χ1v) is 11.9. The summed E-state index contributed by atoms with van der Waals surface area (Å²) in [5.41, 5.74) is 2.40. The van der Waals surface area contributed by atoms with Crippen LogP contribution in [0.2, 0.25) is 0 Å². The second-order valence-corrected chi connectivity index (χ2v) is 9.86. The zero-order valence-electron chi connectivity index (χ0n) is 19.4. The SMILES string of the molecule is CC(C)(C)c1ccc(C(=O)NCC(=O)Nc2nc(COc3ccc4ccccc4c3)cs2)cc1. The number of aromatic nitrogens is 1. The Bertz CT molecular complexity index is 1310. The van der Waals surface area contributed by atoms with Crippen molar-refractivity contribution in [3.8, 4) is 5.75 Å². The van der Waals surface area contributed by atoms with Gasteiger partial charge in [-0.3, -0.25) is 9.59 Å². The second-order valence-electron chi connectivity index (χ2n) is 9.00. The molecule has 2 N–H and O–H groups in total. The second kappa shape index (κ2) is 10.1. The quantitative estimate of drug-likeness (QED) is 0.369. The number of carbonyl (C=O) groups excluding carboxylic acids is 2. The monoisotopic (exact) mass is 473 g/mol. The van der Waals surface area contributed by atoms with Crippen molar-refractivity contribution in [1.82, 2.24) is 10.3 Å². The first kappa shape index (κ1) is 23.4. The van der Waals surface area contributed by atoms with Gasteiger partial charge in [0.15, 0.2) is 5.13 Å². The van der Waals surface area contributed by atoms with E-state index in [1.165, 1.54) is 11.3 Å². The number of fused-ring (bicyclic) bond motifs is 1. The smallest absolute Gasteiger partial charge is 0.251 e. The van der Waals surface area contributed by atoms with Crippen LogP contribution in [0.25, 0.3) is 10.8 Å². The van der Waals surface area contributed by atoms with Crippen molar-refractivity contribution in [2.24, 2.45) is 0 Å². The van der Waals surface area contributed by atoms with Crippen LogP contribution in [0.3, 0.4) is 0 Å². The van der Waals surface area contributed by atoms with Crippen LogP contribution in [0.4, 0.5) is 5.13 Å². The molecule has 0 fully saturated rings. The standard InChI is InChI=1S/C27H27N3O3S/c1-27(2,3)21-11-8-19(9-12-21)25(32)28-15-24(31)30-26-29-22(17-34-26)16-33-23-13-10-18-6-4-5-7-20(18)14-23/h4-14,17H,15-16H2,1-3H3,(H,28,32)(H,29,30,31). The molecule has 0 unspecified atom stereocenters. The van der Waals surface area contributed by atoms with Crippen molar-refractivity contribution in [1.29, 1.82) is 0 Å². The van der Waals surface area contributed by atoms with Crippen molar-refractivity contribution in [3.05, 3.63) is 88.9 Å². The van der Waals surface area contributed by atoms with Gasteiger partial charge in [-0.25, -0.2) is 4.98 Å². The van der Waals surface area contributed by atoms with Crippen molar-refractivity contribution < 1.29 is 14.3 Å². The molecule has 174 valence electrons. The summed E-state index contributed by atoms with van der Waals surface area (Å²) < 4.78 is 5.85. The molecule has 34 heavy (non-hydrogen) atoms. The molecule has 6 nitrogen and oxygen atoms in total. The van der Waals surface area contributed by atoms with Crippen molar-refractivity contribution >= 4 is 39.1 Å². The van der Waals surface area contributed by atoms with Gasteiger partial charge in [0.2, 0.25) is 5.91 Å². The lowest BCUT2D eigenvalue weighted by Crippen LogP contribution is -2.32. The van der Waals surface area contributed by atoms with E-state index >= 15 is 0 Å². The van der Waals surface area contributed by atoms with E-state index in [0.29, 0.717) is 17.3 Å². The Kier molecular flexibility index (Phi) is 6.93. The van der Waals surface area contributed by atoms with E-state index in [4.69, 9.17) is 4.74 Å². The number of nitrogens with one attached hydrogen (secondary N) is 2. The van der Waals surface area contributed by atoms with Crippen LogP contribution in [-0.2, 0) is 16.8 Å². The molecule has 4 aromatic rings. The Morgan fingerprint density at radius 3 is 2.44 bits per heavy atom. The highest BCUT2D eigenvalue weighted by Crippen LogP contribution is 2.23. The van der Waals surface area contributed by atoms with E-state index in [1.54, 1.807) is 12.1 Å². The number of hydrogen-bond donors (Lipinski definition) is 2. The first-order chi connectivity index (χ1) is 16.3. The van der Waals surface area contributed by atoms with Crippen LogP contribution in [0.15, 0.2) is 72.1 Å². The number of hydrogen-bond acceptors (Lipinski definition) is 5. The van der Waals surface area contributed by atoms with Gasteiger partial charge < -0.3 is 15.4 Å². The normalized spacial score (nSPS) is 11.3. The number of benzene rings is 3. The molecule has 0 saturated carbocycles. The maximum Gasteiger partial charge on any atom is 0.251 e. The maximum atomic E-state index is 12.3. The van der Waals surface area contributed by atoms with Gasteiger partial charge in [0.05, 0.1) is 12.2 Å². The van der Waals surface area contributed by atoms with Gasteiger partial charge in [0.1, 0.15) is 12.4 Å². The highest BCUT2D eigenvalue weighted by molar-refractivity contribution is 7.13. The highest BCUT2D eigenvalue weighted by Gasteiger charge is 2.15. The van der Waals surface area contributed by atoms with Crippen LogP contribution in [0.1, 0.15) is 42.4 Å². The summed E-state index contributed by atoms with van der Waals surface area (Å²) in [4.78, 5) is 29.0. The van der Waals surface area contributed by atoms with Crippen molar-refractivity contribution in [2.45, 2.75) is 32.8 Å². The van der Waals surface area contributed by atoms with Crippen LogP contribution >= 0.6 is 11.3 Å². The van der Waals surface area contributed by atoms with E-state index in [-0.39, 0.29) is 23.8 Å². The average molecular weight is 474 g/mol. The minimum absolute atomic E-state index is 0.0158. The largest absolute Gasteiger partial charge is 0.487 e. The summed E-state index contributed by atoms with van der Waals surface area (Å²) in [6.07, 6.45) is 0. The molecule has 7 heteroatoms. The molecule has 1 heterocycles. The fourth-order valence-electron chi connectivity index (χ4n) is 3.39. The molecule has 0 atom stereocenters. The van der Waals surface area contributed by atoms with Gasteiger partial charge in [-0.05, 0) is 46.0 Å². The molecule has 0 saturated heterocycles. The summed E-state index contributed by atoms with van der Waals surface area (Å²) >= 11 is 1.31. The molecule has 0 bridgehead atoms. The van der Waals surface area contributed by atoms with Crippen LogP contribution in [0.5, 0.6) is 5.75 Å². The number of anilines is 1. The Balaban J connectivity index is 1.25. The molecule has 4 rings (SSSR count). The Morgan fingerprint density at radius 2 is 1.71 bits per heavy atom. The summed E-state index contributed by atoms with van der Waals surface area (Å²) in [6, 6.07) is 21.4. The number of rotatable bonds is 7. The number of thiazole rings is 1. The number of ether oxygens (including phenoxy) is 1. The van der Waals surface area contributed by atoms with Crippen molar-refractivity contribution in [2.75, 3.05) is 11.9 Å². The Morgan fingerprint density at radius 1 is 0.971 bits per heavy atom. The fraction of sp³-hybridized carbons (Fsp3) is 0.222. The van der Waals surface area contributed by atoms with Gasteiger partial charge in [-0.2, -0.15) is 0 Å². The van der Waals surface area contributed by atoms with Crippen LogP contribution in [0, 0.1) is 0 Å². The van der Waals surface area contributed by atoms with E-state index < -0.39 is 0 Å². The topological polar surface area (TPSA) is 80.3 Å². The molecule has 3 aromatic carbocycles. The summed E-state index contributed by atoms with van der Waals surface area (Å²) in [6.45, 7) is 6.51.